The van der Waals surface area contributed by atoms with E-state index in [0.717, 1.165) is 33.1 Å². The highest BCUT2D eigenvalue weighted by Gasteiger charge is 2.11. The van der Waals surface area contributed by atoms with Gasteiger partial charge in [-0.3, -0.25) is 0 Å². The van der Waals surface area contributed by atoms with Gasteiger partial charge in [-0.25, -0.2) is 4.98 Å². The van der Waals surface area contributed by atoms with Crippen LogP contribution >= 0.6 is 32.0 Å². The second kappa shape index (κ2) is 6.96. The van der Waals surface area contributed by atoms with Crippen molar-refractivity contribution in [2.24, 2.45) is 0 Å². The maximum Gasteiger partial charge on any atom is 0.327 e. The van der Waals surface area contributed by atoms with E-state index in [9.17, 15) is 0 Å². The van der Waals surface area contributed by atoms with Crippen LogP contribution in [0.25, 0.3) is 33.1 Å². The van der Waals surface area contributed by atoms with Crippen molar-refractivity contribution in [1.82, 2.24) is 15.0 Å². The first-order chi connectivity index (χ1) is 12.1. The maximum atomic E-state index is 8.76. The van der Waals surface area contributed by atoms with Gasteiger partial charge >= 0.3 is 8.60 Å². The zero-order valence-electron chi connectivity index (χ0n) is 12.7. The summed E-state index contributed by atoms with van der Waals surface area (Å²) in [5.41, 5.74) is 4.60. The number of nitrogens with zero attached hydrogens (tertiary/aromatic N) is 1. The van der Waals surface area contributed by atoms with Gasteiger partial charge in [0.25, 0.3) is 0 Å². The van der Waals surface area contributed by atoms with E-state index < -0.39 is 8.60 Å². The predicted octanol–water partition coefficient (Wildman–Crippen LogP) is 4.64. The van der Waals surface area contributed by atoms with Gasteiger partial charge in [0, 0.05) is 17.3 Å². The number of benzene rings is 2. The highest BCUT2D eigenvalue weighted by Crippen LogP contribution is 2.34. The van der Waals surface area contributed by atoms with Gasteiger partial charge in [0.1, 0.15) is 5.94 Å². The highest BCUT2D eigenvalue weighted by atomic mass is 35.5. The van der Waals surface area contributed by atoms with Gasteiger partial charge in [0.05, 0.1) is 16.1 Å². The molecule has 0 aliphatic heterocycles. The standard InChI is InChI=1S/C16H13ClN3O3PS/c17-12-7-15-14(19-16(20-15)25-8-23-24(21)22)6-11(12)9-1-2-13-10(5-9)3-4-18-13/h1-7,18,21-22H,8H2,(H,19,20). The van der Waals surface area contributed by atoms with Crippen LogP contribution in [0.5, 0.6) is 0 Å². The van der Waals surface area contributed by atoms with Gasteiger partial charge in [-0.15, -0.1) is 0 Å². The van der Waals surface area contributed by atoms with Crippen molar-refractivity contribution in [3.05, 3.63) is 47.6 Å². The number of aromatic nitrogens is 3. The van der Waals surface area contributed by atoms with E-state index in [1.165, 1.54) is 11.8 Å². The first-order valence-electron chi connectivity index (χ1n) is 7.30. The van der Waals surface area contributed by atoms with Crippen LogP contribution in [0, 0.1) is 0 Å². The van der Waals surface area contributed by atoms with Crippen molar-refractivity contribution >= 4 is 53.9 Å². The second-order valence-electron chi connectivity index (χ2n) is 5.31. The Labute approximate surface area is 153 Å². The molecule has 0 saturated heterocycles. The number of hydrogen-bond acceptors (Lipinski definition) is 5. The molecule has 0 aliphatic carbocycles. The molecular formula is C16H13ClN3O3PS. The van der Waals surface area contributed by atoms with Crippen LogP contribution in [-0.4, -0.2) is 30.7 Å². The number of hydrogen-bond donors (Lipinski definition) is 4. The molecule has 9 heteroatoms. The number of thioether (sulfide) groups is 1. The third kappa shape index (κ3) is 3.53. The van der Waals surface area contributed by atoms with Crippen LogP contribution < -0.4 is 0 Å². The number of H-pyrrole nitrogens is 2. The third-order valence-corrected chi connectivity index (χ3v) is 5.33. The summed E-state index contributed by atoms with van der Waals surface area (Å²) in [7, 11) is -2.36. The van der Waals surface area contributed by atoms with Gasteiger partial charge in [-0.2, -0.15) is 0 Å². The molecule has 0 atom stereocenters. The summed E-state index contributed by atoms with van der Waals surface area (Å²) in [6, 6.07) is 11.9. The Morgan fingerprint density at radius 2 is 2.04 bits per heavy atom. The average molecular weight is 394 g/mol. The predicted molar refractivity (Wildman–Crippen MR) is 102 cm³/mol. The monoisotopic (exact) mass is 393 g/mol. The molecule has 25 heavy (non-hydrogen) atoms. The Hall–Kier alpha value is -1.60. The van der Waals surface area contributed by atoms with Crippen LogP contribution in [-0.2, 0) is 4.52 Å². The molecule has 128 valence electrons. The lowest BCUT2D eigenvalue weighted by Crippen LogP contribution is -1.84. The van der Waals surface area contributed by atoms with Crippen molar-refractivity contribution in [2.75, 3.05) is 5.94 Å². The topological polar surface area (TPSA) is 94.2 Å². The van der Waals surface area contributed by atoms with E-state index in [0.29, 0.717) is 10.2 Å². The summed E-state index contributed by atoms with van der Waals surface area (Å²) in [5.74, 6) is 0.100. The molecule has 0 saturated carbocycles. The number of fused-ring (bicyclic) bond motifs is 2. The number of aromatic amines is 2. The molecule has 4 aromatic rings. The van der Waals surface area contributed by atoms with Gasteiger partial charge in [0.2, 0.25) is 0 Å². The molecule has 0 spiro atoms. The number of rotatable bonds is 5. The SMILES string of the molecule is OP(O)OCSc1nc2cc(-c3ccc4[nH]ccc4c3)c(Cl)cc2[nH]1. The fourth-order valence-corrected chi connectivity index (χ4v) is 3.96. The van der Waals surface area contributed by atoms with Crippen molar-refractivity contribution in [3.63, 3.8) is 0 Å². The Kier molecular flexibility index (Phi) is 4.69. The van der Waals surface area contributed by atoms with Crippen molar-refractivity contribution in [3.8, 4) is 11.1 Å². The Bertz CT molecular complexity index is 1050. The molecule has 6 nitrogen and oxygen atoms in total. The molecule has 2 aromatic carbocycles. The van der Waals surface area contributed by atoms with Gasteiger partial charge in [-0.1, -0.05) is 29.4 Å². The first-order valence-corrected chi connectivity index (χ1v) is 9.83. The fraction of sp³-hybridized carbons (Fsp3) is 0.0625. The first kappa shape index (κ1) is 16.8. The minimum atomic E-state index is -2.36. The van der Waals surface area contributed by atoms with Crippen molar-refractivity contribution < 1.29 is 14.3 Å². The van der Waals surface area contributed by atoms with E-state index in [4.69, 9.17) is 25.9 Å². The van der Waals surface area contributed by atoms with Gasteiger partial charge < -0.3 is 24.3 Å². The van der Waals surface area contributed by atoms with Crippen LogP contribution in [0.3, 0.4) is 0 Å². The summed E-state index contributed by atoms with van der Waals surface area (Å²) >= 11 is 7.71. The lowest BCUT2D eigenvalue weighted by Gasteiger charge is -2.05. The van der Waals surface area contributed by atoms with Crippen molar-refractivity contribution in [1.29, 1.82) is 0 Å². The van der Waals surface area contributed by atoms with E-state index >= 15 is 0 Å². The van der Waals surface area contributed by atoms with Crippen LogP contribution in [0.2, 0.25) is 5.02 Å². The number of nitrogens with one attached hydrogen (secondary N) is 2. The number of imidazole rings is 1. The van der Waals surface area contributed by atoms with Crippen LogP contribution in [0.15, 0.2) is 47.8 Å². The molecule has 0 radical (unpaired) electrons. The third-order valence-electron chi connectivity index (χ3n) is 3.78. The molecular weight excluding hydrogens is 381 g/mol. The summed E-state index contributed by atoms with van der Waals surface area (Å²) in [6.07, 6.45) is 1.91. The summed E-state index contributed by atoms with van der Waals surface area (Å²) < 4.78 is 4.74. The summed E-state index contributed by atoms with van der Waals surface area (Å²) in [6.45, 7) is 0. The van der Waals surface area contributed by atoms with Crippen LogP contribution in [0.1, 0.15) is 0 Å². The summed E-state index contributed by atoms with van der Waals surface area (Å²) in [4.78, 5) is 28.3. The van der Waals surface area contributed by atoms with E-state index in [1.807, 2.05) is 36.5 Å². The smallest absolute Gasteiger partial charge is 0.327 e. The molecule has 0 fully saturated rings. The molecule has 0 aliphatic rings. The minimum Gasteiger partial charge on any atom is -0.361 e. The second-order valence-corrected chi connectivity index (χ2v) is 7.40. The van der Waals surface area contributed by atoms with Gasteiger partial charge in [0.15, 0.2) is 5.16 Å². The molecule has 0 unspecified atom stereocenters. The molecule has 4 rings (SSSR count). The van der Waals surface area contributed by atoms with E-state index in [2.05, 4.69) is 21.0 Å². The molecule has 0 bridgehead atoms. The Morgan fingerprint density at radius 1 is 1.16 bits per heavy atom. The zero-order valence-corrected chi connectivity index (χ0v) is 15.2. The lowest BCUT2D eigenvalue weighted by molar-refractivity contribution is 0.299. The lowest BCUT2D eigenvalue weighted by atomic mass is 10.0. The van der Waals surface area contributed by atoms with Crippen LogP contribution in [0.4, 0.5) is 0 Å². The maximum absolute atomic E-state index is 8.76. The molecule has 0 amide bonds. The van der Waals surface area contributed by atoms with E-state index in [-0.39, 0.29) is 5.94 Å². The molecule has 2 heterocycles. The molecule has 2 aromatic heterocycles. The Morgan fingerprint density at radius 3 is 2.88 bits per heavy atom. The highest BCUT2D eigenvalue weighted by molar-refractivity contribution is 7.99. The Balaban J connectivity index is 1.68. The van der Waals surface area contributed by atoms with Gasteiger partial charge in [-0.05, 0) is 41.3 Å². The summed E-state index contributed by atoms with van der Waals surface area (Å²) in [5, 5.41) is 2.38. The quantitative estimate of drug-likeness (QED) is 0.225. The largest absolute Gasteiger partial charge is 0.361 e. The van der Waals surface area contributed by atoms with Crippen molar-refractivity contribution in [2.45, 2.75) is 5.16 Å². The zero-order chi connectivity index (χ0) is 17.4. The number of halogens is 1. The van der Waals surface area contributed by atoms with E-state index in [1.54, 1.807) is 0 Å². The fourth-order valence-electron chi connectivity index (χ4n) is 2.65. The molecule has 4 N–H and O–H groups in total. The normalized spacial score (nSPS) is 11.8. The minimum absolute atomic E-state index is 0.100. The average Bonchev–Trinajstić information content (AvgIpc) is 3.18.